The first-order valence-corrected chi connectivity index (χ1v) is 9.71. The van der Waals surface area contributed by atoms with Gasteiger partial charge < -0.3 is 10.1 Å². The van der Waals surface area contributed by atoms with Gasteiger partial charge in [0.15, 0.2) is 11.9 Å². The van der Waals surface area contributed by atoms with Crippen LogP contribution in [-0.2, 0) is 14.3 Å². The molecule has 2 rings (SSSR count). The van der Waals surface area contributed by atoms with E-state index in [1.165, 1.54) is 25.6 Å². The Bertz CT molecular complexity index is 823. The summed E-state index contributed by atoms with van der Waals surface area (Å²) in [6.07, 6.45) is -0.746. The number of halogens is 1. The van der Waals surface area contributed by atoms with Crippen LogP contribution in [0.1, 0.15) is 30.6 Å². The van der Waals surface area contributed by atoms with Crippen molar-refractivity contribution in [1.82, 2.24) is 0 Å². The fourth-order valence-electron chi connectivity index (χ4n) is 2.15. The summed E-state index contributed by atoms with van der Waals surface area (Å²) in [5.41, 5.74) is 0.977. The Morgan fingerprint density at radius 1 is 1.15 bits per heavy atom. The van der Waals surface area contributed by atoms with E-state index < -0.39 is 18.0 Å². The highest BCUT2D eigenvalue weighted by Crippen LogP contribution is 2.21. The molecule has 1 atom stereocenters. The number of benzene rings is 2. The molecule has 1 amide bonds. The third kappa shape index (κ3) is 7.07. The molecule has 0 aliphatic rings. The van der Waals surface area contributed by atoms with Crippen LogP contribution in [0.4, 0.5) is 5.69 Å². The zero-order chi connectivity index (χ0) is 19.8. The summed E-state index contributed by atoms with van der Waals surface area (Å²) in [7, 11) is 0. The van der Waals surface area contributed by atoms with Crippen molar-refractivity contribution in [3.05, 3.63) is 59.1 Å². The maximum atomic E-state index is 12.2. The summed E-state index contributed by atoms with van der Waals surface area (Å²) in [5.74, 6) is -0.454. The van der Waals surface area contributed by atoms with Crippen LogP contribution in [0.5, 0.6) is 0 Å². The fourth-order valence-corrected chi connectivity index (χ4v) is 3.11. The number of Topliss-reactive ketones (excluding diaryl/α,β-unsaturated/α-hetero) is 1. The number of ether oxygens (including phenoxy) is 1. The van der Waals surface area contributed by atoms with E-state index in [0.29, 0.717) is 22.0 Å². The Morgan fingerprint density at radius 3 is 2.52 bits per heavy atom. The van der Waals surface area contributed by atoms with Gasteiger partial charge >= 0.3 is 5.97 Å². The number of hydrogen-bond acceptors (Lipinski definition) is 5. The van der Waals surface area contributed by atoms with Crippen LogP contribution in [0.25, 0.3) is 0 Å². The fraction of sp³-hybridized carbons (Fsp3) is 0.250. The summed E-state index contributed by atoms with van der Waals surface area (Å²) in [4.78, 5) is 36.5. The summed E-state index contributed by atoms with van der Waals surface area (Å²) in [5, 5.41) is 3.30. The zero-order valence-corrected chi connectivity index (χ0v) is 16.6. The second-order valence-corrected chi connectivity index (χ2v) is 7.42. The number of anilines is 1. The molecule has 0 saturated carbocycles. The molecule has 0 bridgehead atoms. The van der Waals surface area contributed by atoms with Gasteiger partial charge in [0, 0.05) is 26.9 Å². The quantitative estimate of drug-likeness (QED) is 0.395. The molecule has 0 heterocycles. The monoisotopic (exact) mass is 405 g/mol. The van der Waals surface area contributed by atoms with E-state index in [-0.39, 0.29) is 12.2 Å². The van der Waals surface area contributed by atoms with E-state index in [2.05, 4.69) is 5.32 Å². The van der Waals surface area contributed by atoms with E-state index >= 15 is 0 Å². The zero-order valence-electron chi connectivity index (χ0n) is 15.0. The second-order valence-electron chi connectivity index (χ2n) is 5.81. The molecule has 2 aromatic carbocycles. The first kappa shape index (κ1) is 21.0. The van der Waals surface area contributed by atoms with E-state index in [0.717, 1.165) is 4.90 Å². The minimum absolute atomic E-state index is 0.0937. The lowest BCUT2D eigenvalue weighted by molar-refractivity contribution is -0.152. The van der Waals surface area contributed by atoms with Gasteiger partial charge in [0.05, 0.1) is 6.42 Å². The number of amides is 1. The summed E-state index contributed by atoms with van der Waals surface area (Å²) >= 11 is 7.34. The third-order valence-electron chi connectivity index (χ3n) is 3.60. The van der Waals surface area contributed by atoms with Crippen LogP contribution in [0.2, 0.25) is 5.02 Å². The van der Waals surface area contributed by atoms with E-state index in [1.807, 2.05) is 12.1 Å². The van der Waals surface area contributed by atoms with Crippen molar-refractivity contribution in [1.29, 1.82) is 0 Å². The summed E-state index contributed by atoms with van der Waals surface area (Å²) < 4.78 is 5.17. The molecular formula is C20H20ClNO4S. The van der Waals surface area contributed by atoms with Crippen molar-refractivity contribution in [2.75, 3.05) is 11.1 Å². The molecule has 5 nitrogen and oxygen atoms in total. The van der Waals surface area contributed by atoms with E-state index in [1.54, 1.807) is 36.4 Å². The van der Waals surface area contributed by atoms with Crippen LogP contribution >= 0.6 is 23.4 Å². The van der Waals surface area contributed by atoms with Crippen molar-refractivity contribution in [2.45, 2.75) is 31.3 Å². The molecule has 27 heavy (non-hydrogen) atoms. The number of hydrogen-bond donors (Lipinski definition) is 1. The van der Waals surface area contributed by atoms with Crippen LogP contribution in [0, 0.1) is 0 Å². The van der Waals surface area contributed by atoms with E-state index in [9.17, 15) is 14.4 Å². The predicted octanol–water partition coefficient (Wildman–Crippen LogP) is 4.60. The highest BCUT2D eigenvalue weighted by molar-refractivity contribution is 7.99. The maximum absolute atomic E-state index is 12.2. The molecular weight excluding hydrogens is 386 g/mol. The van der Waals surface area contributed by atoms with Crippen molar-refractivity contribution in [3.8, 4) is 0 Å². The Balaban J connectivity index is 1.77. The number of thioether (sulfide) groups is 1. The Morgan fingerprint density at radius 2 is 1.85 bits per heavy atom. The summed E-state index contributed by atoms with van der Waals surface area (Å²) in [6, 6.07) is 13.9. The molecule has 0 fully saturated rings. The minimum atomic E-state index is -0.931. The Hall–Kier alpha value is -2.31. The maximum Gasteiger partial charge on any atom is 0.307 e. The van der Waals surface area contributed by atoms with Gasteiger partial charge in [-0.25, -0.2) is 0 Å². The minimum Gasteiger partial charge on any atom is -0.453 e. The molecule has 0 unspecified atom stereocenters. The number of ketones is 1. The Kier molecular flexibility index (Phi) is 7.88. The lowest BCUT2D eigenvalue weighted by Gasteiger charge is -2.14. The topological polar surface area (TPSA) is 72.5 Å². The standard InChI is InChI=1S/C20H20ClNO4S/c1-13(23)15-4-3-5-17(12-15)22-20(25)14(2)26-19(24)10-11-27-18-8-6-16(21)7-9-18/h3-9,12,14H,10-11H2,1-2H3,(H,22,25)/t14-/m0/s1. The van der Waals surface area contributed by atoms with Crippen molar-refractivity contribution < 1.29 is 19.1 Å². The largest absolute Gasteiger partial charge is 0.453 e. The molecule has 7 heteroatoms. The van der Waals surface area contributed by atoms with Gasteiger partial charge in [-0.1, -0.05) is 23.7 Å². The molecule has 0 aliphatic heterocycles. The smallest absolute Gasteiger partial charge is 0.307 e. The number of carbonyl (C=O) groups excluding carboxylic acids is 3. The first-order valence-electron chi connectivity index (χ1n) is 8.35. The van der Waals surface area contributed by atoms with Crippen LogP contribution < -0.4 is 5.32 Å². The molecule has 0 radical (unpaired) electrons. The van der Waals surface area contributed by atoms with Gasteiger partial charge in [-0.05, 0) is 50.2 Å². The molecule has 2 aromatic rings. The third-order valence-corrected chi connectivity index (χ3v) is 4.87. The van der Waals surface area contributed by atoms with Gasteiger partial charge in [0.1, 0.15) is 0 Å². The average molecular weight is 406 g/mol. The summed E-state index contributed by atoms with van der Waals surface area (Å²) in [6.45, 7) is 2.96. The lowest BCUT2D eigenvalue weighted by Crippen LogP contribution is -2.30. The number of rotatable bonds is 8. The number of carbonyl (C=O) groups is 3. The predicted molar refractivity (Wildman–Crippen MR) is 107 cm³/mol. The molecule has 1 N–H and O–H groups in total. The number of nitrogens with one attached hydrogen (secondary N) is 1. The van der Waals surface area contributed by atoms with Gasteiger partial charge in [0.25, 0.3) is 5.91 Å². The van der Waals surface area contributed by atoms with Crippen LogP contribution in [0.15, 0.2) is 53.4 Å². The number of esters is 1. The van der Waals surface area contributed by atoms with Gasteiger partial charge in [-0.3, -0.25) is 14.4 Å². The lowest BCUT2D eigenvalue weighted by atomic mass is 10.1. The highest BCUT2D eigenvalue weighted by atomic mass is 35.5. The molecule has 0 saturated heterocycles. The van der Waals surface area contributed by atoms with Crippen molar-refractivity contribution in [3.63, 3.8) is 0 Å². The van der Waals surface area contributed by atoms with Gasteiger partial charge in [0.2, 0.25) is 0 Å². The van der Waals surface area contributed by atoms with Gasteiger partial charge in [-0.15, -0.1) is 11.8 Å². The van der Waals surface area contributed by atoms with Crippen LogP contribution in [0.3, 0.4) is 0 Å². The first-order chi connectivity index (χ1) is 12.8. The molecule has 0 aromatic heterocycles. The van der Waals surface area contributed by atoms with Gasteiger partial charge in [-0.2, -0.15) is 0 Å². The normalized spacial score (nSPS) is 11.5. The average Bonchev–Trinajstić information content (AvgIpc) is 2.63. The molecule has 0 spiro atoms. The Labute approximate surface area is 167 Å². The van der Waals surface area contributed by atoms with E-state index in [4.69, 9.17) is 16.3 Å². The molecule has 142 valence electrons. The van der Waals surface area contributed by atoms with Crippen molar-refractivity contribution >= 4 is 46.7 Å². The van der Waals surface area contributed by atoms with Crippen LogP contribution in [-0.4, -0.2) is 29.5 Å². The SMILES string of the molecule is CC(=O)c1cccc(NC(=O)[C@H](C)OC(=O)CCSc2ccc(Cl)cc2)c1. The second kappa shape index (κ2) is 10.1. The van der Waals surface area contributed by atoms with Crippen molar-refractivity contribution in [2.24, 2.45) is 0 Å². The highest BCUT2D eigenvalue weighted by Gasteiger charge is 2.18. The molecule has 0 aliphatic carbocycles.